The van der Waals surface area contributed by atoms with Crippen molar-refractivity contribution in [2.45, 2.75) is 200 Å². The van der Waals surface area contributed by atoms with Crippen molar-refractivity contribution in [2.75, 3.05) is 6.61 Å². The van der Waals surface area contributed by atoms with Gasteiger partial charge in [0.2, 0.25) is 0 Å². The van der Waals surface area contributed by atoms with Gasteiger partial charge in [-0.2, -0.15) is 0 Å². The molecule has 3 saturated carbocycles. The highest BCUT2D eigenvalue weighted by Crippen LogP contribution is 2.65. The molecule has 1 saturated heterocycles. The van der Waals surface area contributed by atoms with Gasteiger partial charge in [-0.05, 0) is 109 Å². The largest absolute Gasteiger partial charge is 0.573 e. The molecular formula is C52H72F3NO16Si. The van der Waals surface area contributed by atoms with Gasteiger partial charge >= 0.3 is 36.3 Å². The highest BCUT2D eigenvalue weighted by atomic mass is 28.4. The number of ether oxygens (including phenoxy) is 7. The molecule has 1 amide bonds. The summed E-state index contributed by atoms with van der Waals surface area (Å²) in [7, 11) is -2.77. The minimum absolute atomic E-state index is 0.0289. The second-order valence-electron chi connectivity index (χ2n) is 22.2. The maximum Gasteiger partial charge on any atom is 0.573 e. The molecule has 11 atom stereocenters. The Kier molecular flexibility index (Phi) is 16.3. The summed E-state index contributed by atoms with van der Waals surface area (Å²) in [6.07, 6.45) is -14.2. The van der Waals surface area contributed by atoms with E-state index in [1.807, 2.05) is 20.8 Å². The molecular weight excluding hydrogens is 980 g/mol. The van der Waals surface area contributed by atoms with Crippen LogP contribution in [-0.4, -0.2) is 127 Å². The Morgan fingerprint density at radius 3 is 2.12 bits per heavy atom. The van der Waals surface area contributed by atoms with E-state index in [9.17, 15) is 47.4 Å². The summed E-state index contributed by atoms with van der Waals surface area (Å²) in [4.78, 5) is 86.3. The zero-order chi connectivity index (χ0) is 54.6. The van der Waals surface area contributed by atoms with Crippen molar-refractivity contribution in [2.24, 2.45) is 22.7 Å². The Balaban J connectivity index is 1.63. The number of carbonyl (C=O) groups is 6. The van der Waals surface area contributed by atoms with Gasteiger partial charge in [0, 0.05) is 25.2 Å². The molecule has 0 spiro atoms. The number of halogens is 3. The summed E-state index contributed by atoms with van der Waals surface area (Å²) in [5.74, 6) is -7.91. The average Bonchev–Trinajstić information content (AvgIpc) is 4.13. The SMILES string of the molecule is CC[Si](CC)(CC)O[C@H]1C[C@H]2OC[C@@]2(OC(C)=O)[C@H]2[C@H](OC(=O)c3cccc(OC(F)(F)F)c3)[C@]3(O)C[C@H](OC(=O)[C@H](O)[C@H](C=C(C)C)NC(=O)OC(C)(C)C)C(C)=C([C@@H](OC(=O)C4CC4)C(=O)[C@]12C)C3(C)C. The van der Waals surface area contributed by atoms with E-state index < -0.39 is 150 Å². The number of Topliss-reactive ketones (excluding diaryl/α,β-unsaturated/α-hetero) is 1. The summed E-state index contributed by atoms with van der Waals surface area (Å²) in [6, 6.07) is 4.42. The van der Waals surface area contributed by atoms with Crippen LogP contribution in [0.3, 0.4) is 0 Å². The molecule has 1 heterocycles. The number of alkyl halides is 3. The summed E-state index contributed by atoms with van der Waals surface area (Å²) in [5, 5.41) is 28.3. The summed E-state index contributed by atoms with van der Waals surface area (Å²) < 4.78 is 88.9. The Morgan fingerprint density at radius 2 is 1.60 bits per heavy atom. The average molecular weight is 1050 g/mol. The van der Waals surface area contributed by atoms with Crippen LogP contribution in [0.15, 0.2) is 47.1 Å². The fourth-order valence-electron chi connectivity index (χ4n) is 11.5. The number of benzene rings is 1. The Labute approximate surface area is 425 Å². The van der Waals surface area contributed by atoms with Crippen LogP contribution >= 0.6 is 0 Å². The van der Waals surface area contributed by atoms with Gasteiger partial charge in [-0.3, -0.25) is 14.4 Å². The van der Waals surface area contributed by atoms with Crippen LogP contribution in [0.25, 0.3) is 0 Å². The molecule has 1 aromatic rings. The second-order valence-corrected chi connectivity index (χ2v) is 26.9. The van der Waals surface area contributed by atoms with Gasteiger partial charge in [-0.1, -0.05) is 52.3 Å². The van der Waals surface area contributed by atoms with E-state index in [-0.39, 0.29) is 24.2 Å². The number of amides is 1. The molecule has 4 fully saturated rings. The molecule has 21 heteroatoms. The molecule has 17 nitrogen and oxygen atoms in total. The van der Waals surface area contributed by atoms with E-state index in [4.69, 9.17) is 32.8 Å². The molecule has 1 aromatic carbocycles. The molecule has 73 heavy (non-hydrogen) atoms. The van der Waals surface area contributed by atoms with Crippen molar-refractivity contribution >= 4 is 44.1 Å². The van der Waals surface area contributed by atoms with Gasteiger partial charge in [0.15, 0.2) is 31.9 Å². The van der Waals surface area contributed by atoms with E-state index >= 15 is 4.79 Å². The van der Waals surface area contributed by atoms with Crippen LogP contribution < -0.4 is 10.1 Å². The quantitative estimate of drug-likeness (QED) is 0.0622. The van der Waals surface area contributed by atoms with E-state index in [2.05, 4.69) is 10.1 Å². The van der Waals surface area contributed by atoms with Gasteiger partial charge in [0.1, 0.15) is 35.3 Å². The molecule has 1 aliphatic heterocycles. The van der Waals surface area contributed by atoms with Crippen molar-refractivity contribution < 1.29 is 89.7 Å². The first kappa shape index (κ1) is 57.4. The first-order valence-corrected chi connectivity index (χ1v) is 27.5. The normalized spacial score (nSPS) is 30.6. The van der Waals surface area contributed by atoms with Crippen molar-refractivity contribution in [3.63, 3.8) is 0 Å². The number of aliphatic hydroxyl groups excluding tert-OH is 1. The third kappa shape index (κ3) is 11.3. The first-order valence-electron chi connectivity index (χ1n) is 25.0. The molecule has 0 aromatic heterocycles. The van der Waals surface area contributed by atoms with Crippen molar-refractivity contribution in [1.82, 2.24) is 5.32 Å². The Morgan fingerprint density at radius 1 is 0.973 bits per heavy atom. The van der Waals surface area contributed by atoms with Gasteiger partial charge in [0.05, 0.1) is 41.6 Å². The Hall–Kier alpha value is -4.83. The number of esters is 4. The standard InChI is InChI=1S/C52H72F3NO16Si/c1-14-73(15-2,16-3)72-35-24-36-50(26-65-36,69-29(7)57)40-42(68-44(61)31-18-17-19-32(23-31)70-52(53,54)55)51(64)25-34(66-45(62)38(58)33(22-27(4)5)56-46(63)71-47(8,9)10)28(6)37(48(51,11)12)39(41(59)49(35,40)13)67-43(60)30-20-21-30/h17-19,22-23,30,33-36,38-40,42,58,64H,14-16,20-21,24-26H2,1-13H3,(H,56,63)/t33-,34-,35-,36+,38+,39+,40-,42-,49+,50-,51+/m0/s1. The van der Waals surface area contributed by atoms with Crippen molar-refractivity contribution in [3.05, 3.63) is 52.6 Å². The monoisotopic (exact) mass is 1050 g/mol. The highest BCUT2D eigenvalue weighted by molar-refractivity contribution is 6.73. The number of hydrogen-bond acceptors (Lipinski definition) is 16. The summed E-state index contributed by atoms with van der Waals surface area (Å²) in [5.41, 5.74) is -9.02. The van der Waals surface area contributed by atoms with E-state index in [1.165, 1.54) is 26.8 Å². The predicted octanol–water partition coefficient (Wildman–Crippen LogP) is 7.74. The zero-order valence-electron chi connectivity index (χ0n) is 44.0. The van der Waals surface area contributed by atoms with Gasteiger partial charge < -0.3 is 53.1 Å². The van der Waals surface area contributed by atoms with Crippen LogP contribution in [0.2, 0.25) is 18.1 Å². The number of aliphatic hydroxyl groups is 2. The van der Waals surface area contributed by atoms with Crippen LogP contribution in [0.1, 0.15) is 126 Å². The second kappa shape index (κ2) is 20.7. The number of rotatable bonds is 16. The topological polar surface area (TPSA) is 229 Å². The third-order valence-corrected chi connectivity index (χ3v) is 20.3. The molecule has 3 N–H and O–H groups in total. The number of nitrogens with one attached hydrogen (secondary N) is 1. The fourth-order valence-corrected chi connectivity index (χ4v) is 14.4. The first-order chi connectivity index (χ1) is 33.7. The van der Waals surface area contributed by atoms with Crippen molar-refractivity contribution in [1.29, 1.82) is 0 Å². The summed E-state index contributed by atoms with van der Waals surface area (Å²) in [6.45, 7) is 21.0. The lowest BCUT2D eigenvalue weighted by Gasteiger charge is -2.68. The maximum absolute atomic E-state index is 16.5. The number of allylic oxidation sites excluding steroid dienone is 1. The minimum Gasteiger partial charge on any atom is -0.456 e. The number of alkyl carbamates (subject to hydrolysis) is 1. The Bertz CT molecular complexity index is 2380. The molecule has 6 rings (SSSR count). The lowest BCUT2D eigenvalue weighted by atomic mass is 9.44. The van der Waals surface area contributed by atoms with Crippen LogP contribution in [0.5, 0.6) is 5.75 Å². The number of carbonyl (C=O) groups excluding carboxylic acids is 6. The lowest BCUT2D eigenvalue weighted by Crippen LogP contribution is -2.82. The molecule has 406 valence electrons. The van der Waals surface area contributed by atoms with Crippen LogP contribution in [-0.2, 0) is 52.0 Å². The number of ketones is 1. The molecule has 0 unspecified atom stereocenters. The summed E-state index contributed by atoms with van der Waals surface area (Å²) >= 11 is 0. The van der Waals surface area contributed by atoms with Gasteiger partial charge in [0.25, 0.3) is 0 Å². The van der Waals surface area contributed by atoms with Crippen LogP contribution in [0.4, 0.5) is 18.0 Å². The van der Waals surface area contributed by atoms with E-state index in [0.717, 1.165) is 31.2 Å². The molecule has 4 aliphatic carbocycles. The number of hydrogen-bond donors (Lipinski definition) is 3. The third-order valence-electron chi connectivity index (χ3n) is 15.7. The molecule has 0 radical (unpaired) electrons. The highest BCUT2D eigenvalue weighted by Gasteiger charge is 2.79. The number of fused-ring (bicyclic) bond motifs is 5. The molecule has 5 aliphatic rings. The molecule has 2 bridgehead atoms. The van der Waals surface area contributed by atoms with Crippen molar-refractivity contribution in [3.8, 4) is 5.75 Å². The predicted molar refractivity (Wildman–Crippen MR) is 257 cm³/mol. The van der Waals surface area contributed by atoms with Crippen LogP contribution in [0, 0.1) is 22.7 Å². The van der Waals surface area contributed by atoms with E-state index in [1.54, 1.807) is 41.5 Å². The maximum atomic E-state index is 16.5. The van der Waals surface area contributed by atoms with E-state index in [0.29, 0.717) is 36.5 Å². The lowest BCUT2D eigenvalue weighted by molar-refractivity contribution is -0.344. The smallest absolute Gasteiger partial charge is 0.456 e. The fraction of sp³-hybridized carbons (Fsp3) is 0.692. The van der Waals surface area contributed by atoms with Gasteiger partial charge in [-0.25, -0.2) is 14.4 Å². The zero-order valence-corrected chi connectivity index (χ0v) is 45.0. The van der Waals surface area contributed by atoms with Gasteiger partial charge in [-0.15, -0.1) is 13.2 Å². The minimum atomic E-state index is -5.15.